The average Bonchev–Trinajstić information content (AvgIpc) is 2.82. The molecule has 0 aliphatic heterocycles. The Morgan fingerprint density at radius 1 is 1.10 bits per heavy atom. The second-order valence-electron chi connectivity index (χ2n) is 5.53. The van der Waals surface area contributed by atoms with Crippen molar-refractivity contribution >= 4 is 16.9 Å². The van der Waals surface area contributed by atoms with Crippen LogP contribution in [0, 0.1) is 6.92 Å². The third kappa shape index (κ3) is 2.13. The summed E-state index contributed by atoms with van der Waals surface area (Å²) >= 11 is 0. The molecule has 0 fully saturated rings. The highest BCUT2D eigenvalue weighted by molar-refractivity contribution is 5.90. The fourth-order valence-electron chi connectivity index (χ4n) is 2.44. The molecule has 0 unspecified atom stereocenters. The highest BCUT2D eigenvalue weighted by Crippen LogP contribution is 2.29. The molecule has 4 nitrogen and oxygen atoms in total. The molecule has 3 rings (SSSR count). The predicted molar refractivity (Wildman–Crippen MR) is 81.7 cm³/mol. The molecule has 0 bridgehead atoms. The number of aromatic amines is 1. The predicted octanol–water partition coefficient (Wildman–Crippen LogP) is 3.61. The Morgan fingerprint density at radius 2 is 1.85 bits per heavy atom. The maximum Gasteiger partial charge on any atom is 0.143 e. The lowest BCUT2D eigenvalue weighted by molar-refractivity contribution is 0.607. The zero-order valence-corrected chi connectivity index (χ0v) is 11.9. The first-order valence-corrected chi connectivity index (χ1v) is 6.70. The number of aryl methyl sites for hydroxylation is 1. The van der Waals surface area contributed by atoms with Crippen molar-refractivity contribution in [1.29, 1.82) is 0 Å². The SMILES string of the molecule is Cc1c[nH]c2ncnc(NC(C)(C)c3ccccc3)c12. The molecule has 0 radical (unpaired) electrons. The molecule has 102 valence electrons. The Morgan fingerprint density at radius 3 is 2.60 bits per heavy atom. The van der Waals surface area contributed by atoms with E-state index in [9.17, 15) is 0 Å². The van der Waals surface area contributed by atoms with Crippen molar-refractivity contribution in [2.45, 2.75) is 26.3 Å². The van der Waals surface area contributed by atoms with Crippen molar-refractivity contribution in [1.82, 2.24) is 15.0 Å². The zero-order valence-electron chi connectivity index (χ0n) is 11.9. The molecular formula is C16H18N4. The van der Waals surface area contributed by atoms with Gasteiger partial charge in [0.05, 0.1) is 10.9 Å². The van der Waals surface area contributed by atoms with Crippen LogP contribution in [0.1, 0.15) is 25.0 Å². The molecular weight excluding hydrogens is 248 g/mol. The second kappa shape index (κ2) is 4.63. The summed E-state index contributed by atoms with van der Waals surface area (Å²) in [6.45, 7) is 6.36. The van der Waals surface area contributed by atoms with E-state index in [4.69, 9.17) is 0 Å². The Hall–Kier alpha value is -2.36. The van der Waals surface area contributed by atoms with E-state index >= 15 is 0 Å². The molecule has 20 heavy (non-hydrogen) atoms. The summed E-state index contributed by atoms with van der Waals surface area (Å²) in [5.74, 6) is 0.864. The van der Waals surface area contributed by atoms with Gasteiger partial charge in [-0.3, -0.25) is 0 Å². The number of H-pyrrole nitrogens is 1. The molecule has 2 heterocycles. The number of nitrogens with zero attached hydrogens (tertiary/aromatic N) is 2. The minimum absolute atomic E-state index is 0.202. The third-order valence-corrected chi connectivity index (χ3v) is 3.59. The van der Waals surface area contributed by atoms with Gasteiger partial charge in [-0.25, -0.2) is 9.97 Å². The third-order valence-electron chi connectivity index (χ3n) is 3.59. The number of aromatic nitrogens is 3. The average molecular weight is 266 g/mol. The summed E-state index contributed by atoms with van der Waals surface area (Å²) in [6.07, 6.45) is 3.54. The van der Waals surface area contributed by atoms with Crippen molar-refractivity contribution in [3.05, 3.63) is 54.0 Å². The van der Waals surface area contributed by atoms with Gasteiger partial charge in [-0.05, 0) is 31.9 Å². The van der Waals surface area contributed by atoms with Crippen LogP contribution in [0.5, 0.6) is 0 Å². The Labute approximate surface area is 118 Å². The standard InChI is InChI=1S/C16H18N4/c1-11-9-17-14-13(11)15(19-10-18-14)20-16(2,3)12-7-5-4-6-8-12/h4-10H,1-3H3,(H2,17,18,19,20). The minimum Gasteiger partial charge on any atom is -0.360 e. The first-order chi connectivity index (χ1) is 9.58. The lowest BCUT2D eigenvalue weighted by Gasteiger charge is -2.28. The Balaban J connectivity index is 2.03. The smallest absolute Gasteiger partial charge is 0.143 e. The van der Waals surface area contributed by atoms with Crippen LogP contribution >= 0.6 is 0 Å². The number of nitrogens with one attached hydrogen (secondary N) is 2. The van der Waals surface area contributed by atoms with Gasteiger partial charge in [0.15, 0.2) is 0 Å². The van der Waals surface area contributed by atoms with Crippen LogP contribution in [0.15, 0.2) is 42.9 Å². The Bertz CT molecular complexity index is 729. The lowest BCUT2D eigenvalue weighted by Crippen LogP contribution is -2.28. The van der Waals surface area contributed by atoms with Gasteiger partial charge in [-0.1, -0.05) is 30.3 Å². The number of hydrogen-bond acceptors (Lipinski definition) is 3. The molecule has 0 amide bonds. The lowest BCUT2D eigenvalue weighted by atomic mass is 9.94. The van der Waals surface area contributed by atoms with Gasteiger partial charge in [0, 0.05) is 6.20 Å². The van der Waals surface area contributed by atoms with Crippen molar-refractivity contribution in [2.75, 3.05) is 5.32 Å². The van der Waals surface area contributed by atoms with E-state index in [1.165, 1.54) is 5.56 Å². The summed E-state index contributed by atoms with van der Waals surface area (Å²) in [5, 5.41) is 4.59. The Kier molecular flexibility index (Phi) is 2.93. The maximum atomic E-state index is 4.41. The number of anilines is 1. The number of fused-ring (bicyclic) bond motifs is 1. The maximum absolute atomic E-state index is 4.41. The van der Waals surface area contributed by atoms with Gasteiger partial charge >= 0.3 is 0 Å². The van der Waals surface area contributed by atoms with E-state index in [0.29, 0.717) is 0 Å². The van der Waals surface area contributed by atoms with Crippen LogP contribution in [0.3, 0.4) is 0 Å². The molecule has 0 saturated heterocycles. The molecule has 0 aliphatic carbocycles. The summed E-state index contributed by atoms with van der Waals surface area (Å²) in [5.41, 5.74) is 3.03. The van der Waals surface area contributed by atoms with Crippen LogP contribution in [-0.4, -0.2) is 15.0 Å². The van der Waals surface area contributed by atoms with Gasteiger partial charge in [0.1, 0.15) is 17.8 Å². The molecule has 2 N–H and O–H groups in total. The van der Waals surface area contributed by atoms with Gasteiger partial charge in [0.2, 0.25) is 0 Å². The number of hydrogen-bond donors (Lipinski definition) is 2. The number of rotatable bonds is 3. The van der Waals surface area contributed by atoms with E-state index in [0.717, 1.165) is 22.4 Å². The molecule has 0 spiro atoms. The molecule has 0 atom stereocenters. The van der Waals surface area contributed by atoms with E-state index in [1.807, 2.05) is 12.3 Å². The van der Waals surface area contributed by atoms with Gasteiger partial charge in [-0.2, -0.15) is 0 Å². The van der Waals surface area contributed by atoms with E-state index in [-0.39, 0.29) is 5.54 Å². The summed E-state index contributed by atoms with van der Waals surface area (Å²) in [6, 6.07) is 10.4. The first kappa shape index (κ1) is 12.7. The molecule has 2 aromatic heterocycles. The second-order valence-corrected chi connectivity index (χ2v) is 5.53. The number of benzene rings is 1. The van der Waals surface area contributed by atoms with E-state index < -0.39 is 0 Å². The van der Waals surface area contributed by atoms with Crippen LogP contribution in [-0.2, 0) is 5.54 Å². The van der Waals surface area contributed by atoms with E-state index in [2.05, 4.69) is 65.3 Å². The highest BCUT2D eigenvalue weighted by atomic mass is 15.1. The van der Waals surface area contributed by atoms with Crippen LogP contribution in [0.2, 0.25) is 0 Å². The molecule has 3 aromatic rings. The van der Waals surface area contributed by atoms with Gasteiger partial charge < -0.3 is 10.3 Å². The normalized spacial score (nSPS) is 11.8. The van der Waals surface area contributed by atoms with Crippen molar-refractivity contribution < 1.29 is 0 Å². The fourth-order valence-corrected chi connectivity index (χ4v) is 2.44. The molecule has 1 aromatic carbocycles. The molecule has 0 saturated carbocycles. The summed E-state index contributed by atoms with van der Waals surface area (Å²) in [7, 11) is 0. The quantitative estimate of drug-likeness (QED) is 0.761. The van der Waals surface area contributed by atoms with Gasteiger partial charge in [-0.15, -0.1) is 0 Å². The summed E-state index contributed by atoms with van der Waals surface area (Å²) in [4.78, 5) is 11.8. The van der Waals surface area contributed by atoms with Crippen LogP contribution in [0.4, 0.5) is 5.82 Å². The monoisotopic (exact) mass is 266 g/mol. The first-order valence-electron chi connectivity index (χ1n) is 6.70. The van der Waals surface area contributed by atoms with Crippen LogP contribution in [0.25, 0.3) is 11.0 Å². The van der Waals surface area contributed by atoms with Gasteiger partial charge in [0.25, 0.3) is 0 Å². The molecule has 4 heteroatoms. The van der Waals surface area contributed by atoms with E-state index in [1.54, 1.807) is 6.33 Å². The minimum atomic E-state index is -0.202. The van der Waals surface area contributed by atoms with Crippen molar-refractivity contribution in [3.8, 4) is 0 Å². The van der Waals surface area contributed by atoms with Crippen LogP contribution < -0.4 is 5.32 Å². The van der Waals surface area contributed by atoms with Crippen molar-refractivity contribution in [2.24, 2.45) is 0 Å². The summed E-state index contributed by atoms with van der Waals surface area (Å²) < 4.78 is 0. The topological polar surface area (TPSA) is 53.6 Å². The molecule has 0 aliphatic rings. The fraction of sp³-hybridized carbons (Fsp3) is 0.250. The highest BCUT2D eigenvalue weighted by Gasteiger charge is 2.22. The zero-order chi connectivity index (χ0) is 14.2. The largest absolute Gasteiger partial charge is 0.360 e. The van der Waals surface area contributed by atoms with Crippen molar-refractivity contribution in [3.63, 3.8) is 0 Å².